The van der Waals surface area contributed by atoms with Crippen LogP contribution >= 0.6 is 11.6 Å². The van der Waals surface area contributed by atoms with Crippen molar-refractivity contribution in [3.8, 4) is 0 Å². The fourth-order valence-electron chi connectivity index (χ4n) is 14.3. The topological polar surface area (TPSA) is 300 Å². The van der Waals surface area contributed by atoms with Gasteiger partial charge in [-0.2, -0.15) is 13.2 Å². The number of hydrogen-bond donors (Lipinski definition) is 5. The molecule has 5 aliphatic rings. The molecular weight excluding hydrogens is 1350 g/mol. The summed E-state index contributed by atoms with van der Waals surface area (Å²) in [7, 11) is 9.48. The predicted molar refractivity (Wildman–Crippen MR) is 375 cm³/mol. The molecular formula is C71H118ClF4N13O13. The van der Waals surface area contributed by atoms with Gasteiger partial charge in [0.05, 0.1) is 45.2 Å². The molecule has 3 aliphatic heterocycles. The van der Waals surface area contributed by atoms with Crippen molar-refractivity contribution in [1.29, 1.82) is 0 Å². The van der Waals surface area contributed by atoms with Crippen LogP contribution in [0.2, 0.25) is 0 Å². The van der Waals surface area contributed by atoms with Gasteiger partial charge in [-0.25, -0.2) is 4.39 Å². The van der Waals surface area contributed by atoms with Gasteiger partial charge in [0.1, 0.15) is 54.5 Å². The van der Waals surface area contributed by atoms with Crippen LogP contribution in [0.3, 0.4) is 0 Å². The summed E-state index contributed by atoms with van der Waals surface area (Å²) in [6.45, 7) is 11.0. The van der Waals surface area contributed by atoms with Crippen LogP contribution in [0, 0.1) is 41.4 Å². The van der Waals surface area contributed by atoms with Gasteiger partial charge in [-0.1, -0.05) is 48.0 Å². The average molecular weight is 1470 g/mol. The Labute approximate surface area is 605 Å². The number of carbonyl (C=O) groups excluding carboxylic acids is 12. The number of halogens is 5. The maximum Gasteiger partial charge on any atom is 0.391 e. The summed E-state index contributed by atoms with van der Waals surface area (Å²) in [5.74, 6) is -12.2. The van der Waals surface area contributed by atoms with Gasteiger partial charge in [0.25, 0.3) is 0 Å². The molecule has 5 N–H and O–H groups in total. The van der Waals surface area contributed by atoms with Crippen molar-refractivity contribution in [3.63, 3.8) is 0 Å². The highest BCUT2D eigenvalue weighted by Crippen LogP contribution is 2.41. The van der Waals surface area contributed by atoms with E-state index in [9.17, 15) is 55.9 Å². The van der Waals surface area contributed by atoms with Crippen molar-refractivity contribution in [2.75, 3.05) is 108 Å². The second-order valence-corrected chi connectivity index (χ2v) is 31.1. The standard InChI is InChI=1S/C71H118ClF4N13O13/c1-15-44(6)62-70(101)84(10)38-60(92)82(8)39-61(93)86(12)56(33-47-20-25-50(72)26-21-47)68(99)83(9)37-58(90)78-52(27-22-46-18-23-49(24-19-46)71(74,75)76)64(95)79-53(30-42(2)3)66(97)88(14)57(41-102-40-48-32-51(73)36-77-35-48)69(100)87(13)55(31-43(4)5)65(96)80-54(67(98)89-28-16-17-29-89)34-59(91)85(11)45(7)63(94)81-62/h42-57,62,77H,15-41H2,1-14H3,(H,78,90)(H,79,95)(H,80,96)(H,81,94)/t44-,45-,46?,47?,48?,49?,50?,51?,52-,53-,54-,55-,56-,57-,62-/m0/s1. The van der Waals surface area contributed by atoms with E-state index >= 15 is 19.2 Å². The Morgan fingerprint density at radius 3 is 1.75 bits per heavy atom. The number of alkyl halides is 5. The molecule has 580 valence electrons. The monoisotopic (exact) mass is 1470 g/mol. The van der Waals surface area contributed by atoms with Gasteiger partial charge in [0.15, 0.2) is 0 Å². The molecule has 3 heterocycles. The Hall–Kier alpha value is -6.43. The first-order valence-corrected chi connectivity index (χ1v) is 37.2. The van der Waals surface area contributed by atoms with E-state index in [0.29, 0.717) is 64.6 Å². The number of carbonyl (C=O) groups is 12. The lowest BCUT2D eigenvalue weighted by Crippen LogP contribution is -2.61. The Kier molecular flexibility index (Phi) is 34.0. The van der Waals surface area contributed by atoms with Crippen molar-refractivity contribution in [2.45, 2.75) is 230 Å². The number of nitrogens with zero attached hydrogens (tertiary/aromatic N) is 8. The summed E-state index contributed by atoms with van der Waals surface area (Å²) in [5, 5.41) is 14.0. The molecule has 2 aliphatic carbocycles. The van der Waals surface area contributed by atoms with E-state index in [4.69, 9.17) is 16.3 Å². The number of nitrogens with one attached hydrogen (secondary N) is 5. The largest absolute Gasteiger partial charge is 0.391 e. The highest BCUT2D eigenvalue weighted by molar-refractivity contribution is 6.20. The quantitative estimate of drug-likeness (QED) is 0.107. The summed E-state index contributed by atoms with van der Waals surface area (Å²) in [6, 6.07) is -10.9. The normalized spacial score (nSPS) is 30.4. The van der Waals surface area contributed by atoms with Crippen molar-refractivity contribution < 1.29 is 79.8 Å². The van der Waals surface area contributed by atoms with Crippen molar-refractivity contribution >= 4 is 82.5 Å². The third-order valence-electron chi connectivity index (χ3n) is 21.4. The summed E-state index contributed by atoms with van der Waals surface area (Å²) < 4.78 is 62.5. The van der Waals surface area contributed by atoms with E-state index in [0.717, 1.165) is 29.4 Å². The minimum Gasteiger partial charge on any atom is -0.378 e. The van der Waals surface area contributed by atoms with E-state index in [1.54, 1.807) is 41.5 Å². The predicted octanol–water partition coefficient (Wildman–Crippen LogP) is 4.09. The summed E-state index contributed by atoms with van der Waals surface area (Å²) in [6.07, 6.45) is -1.54. The number of hydrogen-bond acceptors (Lipinski definition) is 14. The number of amides is 12. The van der Waals surface area contributed by atoms with Crippen molar-refractivity contribution in [2.24, 2.45) is 41.4 Å². The van der Waals surface area contributed by atoms with E-state index in [1.165, 1.54) is 66.1 Å². The molecule has 5 rings (SSSR count). The summed E-state index contributed by atoms with van der Waals surface area (Å²) in [5.41, 5.74) is 0. The molecule has 12 amide bonds. The van der Waals surface area contributed by atoms with E-state index < -0.39 is 176 Å². The van der Waals surface area contributed by atoms with Crippen LogP contribution in [0.4, 0.5) is 17.6 Å². The first-order valence-electron chi connectivity index (χ1n) is 36.7. The van der Waals surface area contributed by atoms with Crippen molar-refractivity contribution in [1.82, 2.24) is 65.8 Å². The van der Waals surface area contributed by atoms with Crippen LogP contribution in [0.15, 0.2) is 0 Å². The number of likely N-dealkylation sites (N-methyl/N-ethyl adjacent to an activating group) is 7. The number of likely N-dealkylation sites (tertiary alicyclic amines) is 1. The number of rotatable bonds is 16. The van der Waals surface area contributed by atoms with Gasteiger partial charge in [0.2, 0.25) is 70.9 Å². The molecule has 31 heteroatoms. The maximum atomic E-state index is 15.5. The Bertz CT molecular complexity index is 2860. The molecule has 26 nitrogen and oxygen atoms in total. The third kappa shape index (κ3) is 25.4. The summed E-state index contributed by atoms with van der Waals surface area (Å²) in [4.78, 5) is 186. The van der Waals surface area contributed by atoms with Gasteiger partial charge in [-0.3, -0.25) is 57.5 Å². The molecule has 2 unspecified atom stereocenters. The fourth-order valence-corrected chi connectivity index (χ4v) is 14.5. The highest BCUT2D eigenvalue weighted by Gasteiger charge is 2.45. The third-order valence-corrected chi connectivity index (χ3v) is 21.8. The minimum absolute atomic E-state index is 0.00323. The van der Waals surface area contributed by atoms with Gasteiger partial charge in [-0.05, 0) is 145 Å². The van der Waals surface area contributed by atoms with Crippen LogP contribution in [0.5, 0.6) is 0 Å². The van der Waals surface area contributed by atoms with E-state index in [2.05, 4.69) is 26.6 Å². The zero-order valence-electron chi connectivity index (χ0n) is 62.7. The zero-order valence-corrected chi connectivity index (χ0v) is 63.4. The number of piperidine rings is 1. The first kappa shape index (κ1) is 86.2. The molecule has 2 saturated carbocycles. The van der Waals surface area contributed by atoms with Crippen LogP contribution < -0.4 is 26.6 Å². The highest BCUT2D eigenvalue weighted by atomic mass is 35.5. The second kappa shape index (κ2) is 40.2. The van der Waals surface area contributed by atoms with Crippen LogP contribution in [0.25, 0.3) is 0 Å². The lowest BCUT2D eigenvalue weighted by atomic mass is 9.79. The Morgan fingerprint density at radius 1 is 0.569 bits per heavy atom. The lowest BCUT2D eigenvalue weighted by molar-refractivity contribution is -0.184. The minimum atomic E-state index is -4.39. The van der Waals surface area contributed by atoms with Crippen LogP contribution in [-0.2, 0) is 62.3 Å². The van der Waals surface area contributed by atoms with Crippen LogP contribution in [-0.4, -0.2) is 285 Å². The molecule has 11 atom stereocenters. The molecule has 5 fully saturated rings. The Balaban J connectivity index is 1.61. The summed E-state index contributed by atoms with van der Waals surface area (Å²) >= 11 is 6.50. The molecule has 0 aromatic heterocycles. The SMILES string of the molecule is CC[C@H](C)[C@@H]1NC(=O)[C@H](C)N(C)C(=O)C[C@@H](C(=O)N2CCCC2)NC(=O)[C@H](CC(C)C)N(C)C(=O)[C@H](COCC2CNCC(F)C2)N(C)C(=O)[C@H](CC(C)C)NC(=O)[C@H](CCC2CCC(C(F)(F)F)CC2)NC(=O)CN(C)C(=O)[C@H](CC2CCC(Cl)CC2)N(C)C(=O)CN(C)C(=O)CN(C)C1=O. The molecule has 0 bridgehead atoms. The molecule has 0 aromatic rings. The van der Waals surface area contributed by atoms with Gasteiger partial charge in [0, 0.05) is 80.9 Å². The molecule has 3 saturated heterocycles. The lowest BCUT2D eigenvalue weighted by Gasteiger charge is -2.37. The van der Waals surface area contributed by atoms with Gasteiger partial charge < -0.3 is 70.5 Å². The van der Waals surface area contributed by atoms with E-state index in [1.807, 2.05) is 0 Å². The van der Waals surface area contributed by atoms with Gasteiger partial charge in [-0.15, -0.1) is 11.6 Å². The average Bonchev–Trinajstić information content (AvgIpc) is 0.949. The molecule has 0 radical (unpaired) electrons. The second-order valence-electron chi connectivity index (χ2n) is 30.5. The smallest absolute Gasteiger partial charge is 0.378 e. The molecule has 0 spiro atoms. The maximum absolute atomic E-state index is 15.5. The molecule has 102 heavy (non-hydrogen) atoms. The zero-order chi connectivity index (χ0) is 76.2. The van der Waals surface area contributed by atoms with Crippen molar-refractivity contribution in [3.05, 3.63) is 0 Å². The fraction of sp³-hybridized carbons (Fsp3) is 0.831. The first-order chi connectivity index (χ1) is 47.8. The van der Waals surface area contributed by atoms with Crippen LogP contribution in [0.1, 0.15) is 164 Å². The Morgan fingerprint density at radius 2 is 1.16 bits per heavy atom. The number of ether oxygens (including phenoxy) is 1. The molecule has 0 aromatic carbocycles. The van der Waals surface area contributed by atoms with Gasteiger partial charge >= 0.3 is 6.18 Å². The van der Waals surface area contributed by atoms with E-state index in [-0.39, 0.29) is 112 Å².